The number of rotatable bonds is 4. The van der Waals surface area contributed by atoms with Crippen molar-refractivity contribution in [3.05, 3.63) is 30.1 Å². The van der Waals surface area contributed by atoms with Crippen LogP contribution in [0.3, 0.4) is 0 Å². The molecule has 3 unspecified atom stereocenters. The predicted octanol–water partition coefficient (Wildman–Crippen LogP) is 3.01. The minimum absolute atomic E-state index is 0.325. The second-order valence-corrected chi connectivity index (χ2v) is 6.84. The average molecular weight is 270 g/mol. The lowest BCUT2D eigenvalue weighted by atomic mass is 9.87. The van der Waals surface area contributed by atoms with Gasteiger partial charge in [-0.1, -0.05) is 12.5 Å². The van der Waals surface area contributed by atoms with Gasteiger partial charge in [0.05, 0.1) is 0 Å². The van der Waals surface area contributed by atoms with Crippen molar-refractivity contribution < 1.29 is 4.79 Å². The molecule has 3 heteroatoms. The number of nitrogens with zero attached hydrogens (tertiary/aromatic N) is 2. The molecule has 3 saturated carbocycles. The maximum absolute atomic E-state index is 12.9. The van der Waals surface area contributed by atoms with Crippen LogP contribution < -0.4 is 0 Å². The lowest BCUT2D eigenvalue weighted by molar-refractivity contribution is -0.138. The first-order valence-corrected chi connectivity index (χ1v) is 8.00. The minimum atomic E-state index is 0.325. The molecular formula is C17H22N2O. The first-order valence-electron chi connectivity index (χ1n) is 8.00. The van der Waals surface area contributed by atoms with Gasteiger partial charge in [-0.15, -0.1) is 0 Å². The zero-order valence-corrected chi connectivity index (χ0v) is 11.9. The molecule has 0 saturated heterocycles. The van der Waals surface area contributed by atoms with E-state index in [-0.39, 0.29) is 0 Å². The summed E-state index contributed by atoms with van der Waals surface area (Å²) in [7, 11) is 0. The van der Waals surface area contributed by atoms with Gasteiger partial charge in [-0.05, 0) is 55.6 Å². The van der Waals surface area contributed by atoms with Gasteiger partial charge in [-0.2, -0.15) is 0 Å². The van der Waals surface area contributed by atoms with Gasteiger partial charge < -0.3 is 4.90 Å². The van der Waals surface area contributed by atoms with E-state index in [1.165, 1.54) is 32.1 Å². The van der Waals surface area contributed by atoms with Crippen molar-refractivity contribution in [3.8, 4) is 0 Å². The molecular weight excluding hydrogens is 248 g/mol. The second-order valence-electron chi connectivity index (χ2n) is 6.84. The maximum Gasteiger partial charge on any atom is 0.226 e. The molecule has 20 heavy (non-hydrogen) atoms. The smallest absolute Gasteiger partial charge is 0.226 e. The van der Waals surface area contributed by atoms with Crippen LogP contribution in [-0.2, 0) is 11.3 Å². The average Bonchev–Trinajstić information content (AvgIpc) is 3.11. The maximum atomic E-state index is 12.9. The topological polar surface area (TPSA) is 33.2 Å². The molecule has 0 spiro atoms. The molecule has 106 valence electrons. The largest absolute Gasteiger partial charge is 0.335 e. The Kier molecular flexibility index (Phi) is 3.01. The van der Waals surface area contributed by atoms with Gasteiger partial charge in [0, 0.05) is 30.9 Å². The van der Waals surface area contributed by atoms with Gasteiger partial charge >= 0.3 is 0 Å². The van der Waals surface area contributed by atoms with Crippen molar-refractivity contribution in [1.29, 1.82) is 0 Å². The molecule has 1 aromatic heterocycles. The van der Waals surface area contributed by atoms with E-state index < -0.39 is 0 Å². The van der Waals surface area contributed by atoms with Crippen LogP contribution >= 0.6 is 0 Å². The summed E-state index contributed by atoms with van der Waals surface area (Å²) in [6.45, 7) is 0.755. The molecule has 0 aromatic carbocycles. The number of carbonyl (C=O) groups excluding carboxylic acids is 1. The van der Waals surface area contributed by atoms with Gasteiger partial charge in [-0.25, -0.2) is 0 Å². The number of aromatic nitrogens is 1. The second kappa shape index (κ2) is 4.87. The first-order chi connectivity index (χ1) is 9.81. The Labute approximate surface area is 120 Å². The Balaban J connectivity index is 1.49. The van der Waals surface area contributed by atoms with Crippen molar-refractivity contribution in [2.75, 3.05) is 0 Å². The Hall–Kier alpha value is -1.38. The molecule has 3 atom stereocenters. The highest BCUT2D eigenvalue weighted by molar-refractivity contribution is 5.80. The minimum Gasteiger partial charge on any atom is -0.335 e. The van der Waals surface area contributed by atoms with Crippen LogP contribution in [0.5, 0.6) is 0 Å². The molecule has 3 aliphatic rings. The first kappa shape index (κ1) is 12.4. The van der Waals surface area contributed by atoms with Crippen LogP contribution in [0.2, 0.25) is 0 Å². The van der Waals surface area contributed by atoms with Crippen molar-refractivity contribution in [1.82, 2.24) is 9.88 Å². The number of hydrogen-bond acceptors (Lipinski definition) is 2. The number of amides is 1. The molecule has 1 amide bonds. The normalized spacial score (nSPS) is 31.5. The fraction of sp³-hybridized carbons (Fsp3) is 0.647. The van der Waals surface area contributed by atoms with E-state index in [1.807, 2.05) is 12.3 Å². The fourth-order valence-corrected chi connectivity index (χ4v) is 4.22. The standard InChI is InChI=1S/C17H22N2O/c20-17(16-9-12-3-4-14(16)8-12)19(15-5-6-15)11-13-2-1-7-18-10-13/h1-2,7,10,12,14-16H,3-6,8-9,11H2. The summed E-state index contributed by atoms with van der Waals surface area (Å²) in [6.07, 6.45) is 11.2. The molecule has 3 fully saturated rings. The lowest BCUT2D eigenvalue weighted by Gasteiger charge is -2.29. The molecule has 1 aromatic rings. The Bertz CT molecular complexity index is 497. The SMILES string of the molecule is O=C(C1CC2CCC1C2)N(Cc1cccnc1)C1CC1. The monoisotopic (exact) mass is 270 g/mol. The summed E-state index contributed by atoms with van der Waals surface area (Å²) in [5, 5.41) is 0. The van der Waals surface area contributed by atoms with Gasteiger partial charge in [-0.3, -0.25) is 9.78 Å². The van der Waals surface area contributed by atoms with Crippen LogP contribution in [0.15, 0.2) is 24.5 Å². The van der Waals surface area contributed by atoms with Crippen molar-refractivity contribution in [2.24, 2.45) is 17.8 Å². The molecule has 2 bridgehead atoms. The third-order valence-electron chi connectivity index (χ3n) is 5.40. The molecule has 1 heterocycles. The van der Waals surface area contributed by atoms with Gasteiger partial charge in [0.15, 0.2) is 0 Å². The summed E-state index contributed by atoms with van der Waals surface area (Å²) in [6, 6.07) is 4.54. The number of pyridine rings is 1. The highest BCUT2D eigenvalue weighted by atomic mass is 16.2. The molecule has 3 nitrogen and oxygen atoms in total. The van der Waals surface area contributed by atoms with Crippen LogP contribution in [0.4, 0.5) is 0 Å². The van der Waals surface area contributed by atoms with Crippen molar-refractivity contribution >= 4 is 5.91 Å². The third-order valence-corrected chi connectivity index (χ3v) is 5.40. The van der Waals surface area contributed by atoms with E-state index in [2.05, 4.69) is 16.0 Å². The van der Waals surface area contributed by atoms with E-state index in [1.54, 1.807) is 6.20 Å². The van der Waals surface area contributed by atoms with Crippen molar-refractivity contribution in [2.45, 2.75) is 51.1 Å². The highest BCUT2D eigenvalue weighted by Crippen LogP contribution is 2.49. The Morgan fingerprint density at radius 1 is 1.25 bits per heavy atom. The van der Waals surface area contributed by atoms with Crippen LogP contribution in [-0.4, -0.2) is 21.8 Å². The molecule has 4 rings (SSSR count). The number of hydrogen-bond donors (Lipinski definition) is 0. The third kappa shape index (κ3) is 2.23. The zero-order chi connectivity index (χ0) is 13.5. The van der Waals surface area contributed by atoms with Gasteiger partial charge in [0.25, 0.3) is 0 Å². The van der Waals surface area contributed by atoms with E-state index in [0.29, 0.717) is 23.8 Å². The molecule has 0 aliphatic heterocycles. The van der Waals surface area contributed by atoms with Gasteiger partial charge in [0.2, 0.25) is 5.91 Å². The summed E-state index contributed by atoms with van der Waals surface area (Å²) in [4.78, 5) is 19.3. The van der Waals surface area contributed by atoms with E-state index in [9.17, 15) is 4.79 Å². The van der Waals surface area contributed by atoms with Crippen LogP contribution in [0.25, 0.3) is 0 Å². The highest BCUT2D eigenvalue weighted by Gasteiger charge is 2.46. The predicted molar refractivity (Wildman–Crippen MR) is 76.7 cm³/mol. The summed E-state index contributed by atoms with van der Waals surface area (Å²) in [5.41, 5.74) is 1.16. The fourth-order valence-electron chi connectivity index (χ4n) is 4.22. The van der Waals surface area contributed by atoms with Gasteiger partial charge in [0.1, 0.15) is 0 Å². The number of fused-ring (bicyclic) bond motifs is 2. The molecule has 0 N–H and O–H groups in total. The Morgan fingerprint density at radius 2 is 2.15 bits per heavy atom. The zero-order valence-electron chi connectivity index (χ0n) is 11.9. The molecule has 0 radical (unpaired) electrons. The van der Waals surface area contributed by atoms with Crippen molar-refractivity contribution in [3.63, 3.8) is 0 Å². The quantitative estimate of drug-likeness (QED) is 0.842. The summed E-state index contributed by atoms with van der Waals surface area (Å²) >= 11 is 0. The van der Waals surface area contributed by atoms with Crippen LogP contribution in [0.1, 0.15) is 44.1 Å². The van der Waals surface area contributed by atoms with E-state index >= 15 is 0 Å². The Morgan fingerprint density at radius 3 is 2.75 bits per heavy atom. The van der Waals surface area contributed by atoms with Crippen LogP contribution in [0, 0.1) is 17.8 Å². The molecule has 3 aliphatic carbocycles. The van der Waals surface area contributed by atoms with E-state index in [0.717, 1.165) is 24.4 Å². The summed E-state index contributed by atoms with van der Waals surface area (Å²) < 4.78 is 0. The lowest BCUT2D eigenvalue weighted by Crippen LogP contribution is -2.39. The number of carbonyl (C=O) groups is 1. The summed E-state index contributed by atoms with van der Waals surface area (Å²) in [5.74, 6) is 2.28. The van der Waals surface area contributed by atoms with E-state index in [4.69, 9.17) is 0 Å².